The number of hydrogen-bond acceptors (Lipinski definition) is 5. The predicted octanol–water partition coefficient (Wildman–Crippen LogP) is 1.55. The van der Waals surface area contributed by atoms with Crippen molar-refractivity contribution >= 4 is 29.4 Å². The number of halogens is 1. The molecule has 2 aromatic rings. The summed E-state index contributed by atoms with van der Waals surface area (Å²) in [7, 11) is 1.89. The van der Waals surface area contributed by atoms with Crippen LogP contribution >= 0.6 is 12.4 Å². The standard InChI is InChI=1S/C13H18N4O2.ClH/c1-3-11-10-7-9(8-16-13(10)19-17-11)12(18)15-6-4-5-14-2;/h7-8,14H,3-6H2,1-2H3,(H,15,18);1H. The predicted molar refractivity (Wildman–Crippen MR) is 79.3 cm³/mol. The van der Waals surface area contributed by atoms with Crippen LogP contribution in [0.2, 0.25) is 0 Å². The molecule has 0 bridgehead atoms. The Morgan fingerprint density at radius 1 is 1.40 bits per heavy atom. The van der Waals surface area contributed by atoms with Crippen LogP contribution in [0.3, 0.4) is 0 Å². The fourth-order valence-electron chi connectivity index (χ4n) is 1.83. The van der Waals surface area contributed by atoms with Gasteiger partial charge in [-0.3, -0.25) is 4.79 Å². The minimum Gasteiger partial charge on any atom is -0.352 e. The smallest absolute Gasteiger partial charge is 0.257 e. The summed E-state index contributed by atoms with van der Waals surface area (Å²) in [5.41, 5.74) is 1.84. The zero-order valence-electron chi connectivity index (χ0n) is 11.6. The van der Waals surface area contributed by atoms with Crippen LogP contribution in [-0.4, -0.2) is 36.2 Å². The molecule has 0 unspecified atom stereocenters. The van der Waals surface area contributed by atoms with Gasteiger partial charge in [-0.15, -0.1) is 12.4 Å². The van der Waals surface area contributed by atoms with Gasteiger partial charge in [0.15, 0.2) is 0 Å². The minimum absolute atomic E-state index is 0. The molecular formula is C13H19ClN4O2. The highest BCUT2D eigenvalue weighted by atomic mass is 35.5. The largest absolute Gasteiger partial charge is 0.352 e. The molecule has 2 N–H and O–H groups in total. The van der Waals surface area contributed by atoms with Gasteiger partial charge >= 0.3 is 0 Å². The van der Waals surface area contributed by atoms with Crippen molar-refractivity contribution in [3.8, 4) is 0 Å². The van der Waals surface area contributed by atoms with E-state index in [-0.39, 0.29) is 18.3 Å². The van der Waals surface area contributed by atoms with Crippen molar-refractivity contribution < 1.29 is 9.32 Å². The molecule has 0 atom stereocenters. The number of fused-ring (bicyclic) bond motifs is 1. The summed E-state index contributed by atoms with van der Waals surface area (Å²) in [5, 5.41) is 10.6. The Morgan fingerprint density at radius 2 is 2.20 bits per heavy atom. The first kappa shape index (κ1) is 16.4. The van der Waals surface area contributed by atoms with Gasteiger partial charge in [0, 0.05) is 12.7 Å². The molecule has 2 heterocycles. The summed E-state index contributed by atoms with van der Waals surface area (Å²) in [6.07, 6.45) is 3.16. The molecule has 1 amide bonds. The first-order valence-electron chi connectivity index (χ1n) is 6.43. The molecule has 2 rings (SSSR count). The van der Waals surface area contributed by atoms with E-state index in [0.29, 0.717) is 17.8 Å². The second-order valence-corrected chi connectivity index (χ2v) is 4.27. The van der Waals surface area contributed by atoms with Crippen molar-refractivity contribution in [3.05, 3.63) is 23.5 Å². The number of rotatable bonds is 6. The SMILES string of the molecule is CCc1noc2ncc(C(=O)NCCCNC)cc12.Cl. The summed E-state index contributed by atoms with van der Waals surface area (Å²) in [5.74, 6) is -0.117. The lowest BCUT2D eigenvalue weighted by Crippen LogP contribution is -2.26. The monoisotopic (exact) mass is 298 g/mol. The number of aromatic nitrogens is 2. The molecule has 110 valence electrons. The lowest BCUT2D eigenvalue weighted by Gasteiger charge is -2.04. The van der Waals surface area contributed by atoms with Gasteiger partial charge in [0.25, 0.3) is 11.6 Å². The van der Waals surface area contributed by atoms with E-state index >= 15 is 0 Å². The van der Waals surface area contributed by atoms with Crippen LogP contribution in [0.25, 0.3) is 11.1 Å². The number of nitrogens with zero attached hydrogens (tertiary/aromatic N) is 2. The molecule has 6 nitrogen and oxygen atoms in total. The highest BCUT2D eigenvalue weighted by molar-refractivity contribution is 5.96. The Balaban J connectivity index is 0.00000200. The fourth-order valence-corrected chi connectivity index (χ4v) is 1.83. The molecule has 0 fully saturated rings. The van der Waals surface area contributed by atoms with Crippen molar-refractivity contribution in [3.63, 3.8) is 0 Å². The molecular weight excluding hydrogens is 280 g/mol. The third-order valence-corrected chi connectivity index (χ3v) is 2.89. The van der Waals surface area contributed by atoms with E-state index < -0.39 is 0 Å². The Morgan fingerprint density at radius 3 is 2.90 bits per heavy atom. The normalized spacial score (nSPS) is 10.3. The fraction of sp³-hybridized carbons (Fsp3) is 0.462. The van der Waals surface area contributed by atoms with Gasteiger partial charge in [-0.05, 0) is 32.5 Å². The van der Waals surface area contributed by atoms with E-state index in [2.05, 4.69) is 20.8 Å². The molecule has 0 aliphatic heterocycles. The summed E-state index contributed by atoms with van der Waals surface area (Å²) in [6.45, 7) is 3.51. The van der Waals surface area contributed by atoms with Crippen molar-refractivity contribution in [2.45, 2.75) is 19.8 Å². The van der Waals surface area contributed by atoms with E-state index in [4.69, 9.17) is 4.52 Å². The number of carbonyl (C=O) groups is 1. The second-order valence-electron chi connectivity index (χ2n) is 4.27. The Bertz CT molecular complexity index is 570. The number of carbonyl (C=O) groups excluding carboxylic acids is 1. The van der Waals surface area contributed by atoms with E-state index in [9.17, 15) is 4.79 Å². The van der Waals surface area contributed by atoms with Crippen LogP contribution in [0.1, 0.15) is 29.4 Å². The number of nitrogens with one attached hydrogen (secondary N) is 2. The molecule has 7 heteroatoms. The van der Waals surface area contributed by atoms with Gasteiger partial charge in [-0.2, -0.15) is 0 Å². The van der Waals surface area contributed by atoms with E-state index in [1.165, 1.54) is 6.20 Å². The summed E-state index contributed by atoms with van der Waals surface area (Å²) in [6, 6.07) is 1.78. The lowest BCUT2D eigenvalue weighted by molar-refractivity contribution is 0.0953. The Hall–Kier alpha value is -1.66. The van der Waals surface area contributed by atoms with Gasteiger partial charge in [0.1, 0.15) is 0 Å². The molecule has 0 radical (unpaired) electrons. The quantitative estimate of drug-likeness (QED) is 0.791. The van der Waals surface area contributed by atoms with Crippen molar-refractivity contribution in [1.29, 1.82) is 0 Å². The van der Waals surface area contributed by atoms with E-state index in [1.54, 1.807) is 6.07 Å². The average molecular weight is 299 g/mol. The number of aryl methyl sites for hydroxylation is 1. The number of amides is 1. The summed E-state index contributed by atoms with van der Waals surface area (Å²) < 4.78 is 5.09. The van der Waals surface area contributed by atoms with Crippen LogP contribution in [0.5, 0.6) is 0 Å². The summed E-state index contributed by atoms with van der Waals surface area (Å²) >= 11 is 0. The van der Waals surface area contributed by atoms with Crippen LogP contribution in [-0.2, 0) is 6.42 Å². The van der Waals surface area contributed by atoms with E-state index in [0.717, 1.165) is 30.5 Å². The average Bonchev–Trinajstić information content (AvgIpc) is 2.85. The molecule has 0 saturated carbocycles. The lowest BCUT2D eigenvalue weighted by atomic mass is 10.1. The maximum absolute atomic E-state index is 12.0. The third-order valence-electron chi connectivity index (χ3n) is 2.89. The number of hydrogen-bond donors (Lipinski definition) is 2. The van der Waals surface area contributed by atoms with Crippen molar-refractivity contribution in [1.82, 2.24) is 20.8 Å². The molecule has 0 spiro atoms. The maximum Gasteiger partial charge on any atom is 0.257 e. The van der Waals surface area contributed by atoms with Gasteiger partial charge in [-0.1, -0.05) is 12.1 Å². The number of pyridine rings is 1. The van der Waals surface area contributed by atoms with Crippen LogP contribution in [0, 0.1) is 0 Å². The first-order chi connectivity index (χ1) is 9.26. The first-order valence-corrected chi connectivity index (χ1v) is 6.43. The van der Waals surface area contributed by atoms with Gasteiger partial charge in [0.05, 0.1) is 16.6 Å². The zero-order valence-corrected chi connectivity index (χ0v) is 12.4. The molecule has 0 aliphatic carbocycles. The van der Waals surface area contributed by atoms with Gasteiger partial charge < -0.3 is 15.2 Å². The highest BCUT2D eigenvalue weighted by Crippen LogP contribution is 2.17. The van der Waals surface area contributed by atoms with Crippen LogP contribution < -0.4 is 10.6 Å². The van der Waals surface area contributed by atoms with Crippen molar-refractivity contribution in [2.75, 3.05) is 20.1 Å². The van der Waals surface area contributed by atoms with Crippen LogP contribution in [0.15, 0.2) is 16.8 Å². The van der Waals surface area contributed by atoms with Gasteiger partial charge in [-0.25, -0.2) is 4.98 Å². The van der Waals surface area contributed by atoms with Crippen molar-refractivity contribution in [2.24, 2.45) is 0 Å². The molecule has 20 heavy (non-hydrogen) atoms. The minimum atomic E-state index is -0.117. The van der Waals surface area contributed by atoms with Crippen LogP contribution in [0.4, 0.5) is 0 Å². The Kier molecular flexibility index (Phi) is 6.41. The molecule has 0 aromatic carbocycles. The second kappa shape index (κ2) is 7.81. The molecule has 0 aliphatic rings. The van der Waals surface area contributed by atoms with Gasteiger partial charge in [0.2, 0.25) is 0 Å². The third kappa shape index (κ3) is 3.68. The molecule has 0 saturated heterocycles. The topological polar surface area (TPSA) is 80.0 Å². The summed E-state index contributed by atoms with van der Waals surface area (Å²) in [4.78, 5) is 16.1. The highest BCUT2D eigenvalue weighted by Gasteiger charge is 2.12. The zero-order chi connectivity index (χ0) is 13.7. The maximum atomic E-state index is 12.0. The Labute approximate surface area is 123 Å². The van der Waals surface area contributed by atoms with E-state index in [1.807, 2.05) is 14.0 Å². The molecule has 2 aromatic heterocycles.